The van der Waals surface area contributed by atoms with Crippen LogP contribution in [0, 0.1) is 5.82 Å². The van der Waals surface area contributed by atoms with Crippen LogP contribution in [-0.2, 0) is 0 Å². The standard InChI is InChI=1S/C18H20FN3O4.3H2O/c1-10-9-26-17-14-11(16(23)12(18(24)25)8-22(10)14)7-13(19)15(17)21-5-3-20(2)4-6-21;;;/h7-8,10H,3-6,9H2,1-2H3,(H,24,25);3*1H2. The Morgan fingerprint density at radius 2 is 1.83 bits per heavy atom. The summed E-state index contributed by atoms with van der Waals surface area (Å²) in [5.74, 6) is -1.54. The van der Waals surface area contributed by atoms with Gasteiger partial charge < -0.3 is 40.6 Å². The number of hydrogen-bond acceptors (Lipinski definition) is 5. The molecular formula is C18H26FN3O7. The maximum atomic E-state index is 15.0. The summed E-state index contributed by atoms with van der Waals surface area (Å²) in [6.07, 6.45) is 1.34. The van der Waals surface area contributed by atoms with Gasteiger partial charge in [0.2, 0.25) is 5.43 Å². The van der Waals surface area contributed by atoms with Gasteiger partial charge >= 0.3 is 5.97 Å². The molecule has 1 aromatic heterocycles. The number of benzene rings is 1. The third kappa shape index (κ3) is 3.77. The number of pyridine rings is 1. The highest BCUT2D eigenvalue weighted by atomic mass is 19.1. The molecule has 10 nitrogen and oxygen atoms in total. The van der Waals surface area contributed by atoms with Gasteiger partial charge in [-0.2, -0.15) is 0 Å². The second-order valence-corrected chi connectivity index (χ2v) is 6.97. The van der Waals surface area contributed by atoms with E-state index in [9.17, 15) is 19.1 Å². The molecule has 1 atom stereocenters. The number of hydrogen-bond donors (Lipinski definition) is 1. The molecule has 162 valence electrons. The molecule has 7 N–H and O–H groups in total. The smallest absolute Gasteiger partial charge is 0.341 e. The summed E-state index contributed by atoms with van der Waals surface area (Å²) in [5, 5.41) is 9.36. The van der Waals surface area contributed by atoms with Crippen molar-refractivity contribution in [3.63, 3.8) is 0 Å². The van der Waals surface area contributed by atoms with Gasteiger partial charge in [-0.05, 0) is 20.0 Å². The maximum absolute atomic E-state index is 15.0. The Hall–Kier alpha value is -2.73. The van der Waals surface area contributed by atoms with Crippen molar-refractivity contribution in [2.75, 3.05) is 44.7 Å². The molecule has 0 saturated carbocycles. The number of likely N-dealkylation sites (N-methyl/N-ethyl adjacent to an activating group) is 1. The van der Waals surface area contributed by atoms with Crippen molar-refractivity contribution in [1.82, 2.24) is 9.47 Å². The molecule has 0 amide bonds. The Kier molecular flexibility index (Phi) is 7.33. The van der Waals surface area contributed by atoms with Gasteiger partial charge in [0.15, 0.2) is 11.6 Å². The lowest BCUT2D eigenvalue weighted by molar-refractivity contribution is 0.0694. The van der Waals surface area contributed by atoms with Crippen molar-refractivity contribution in [2.24, 2.45) is 0 Å². The van der Waals surface area contributed by atoms with Gasteiger partial charge in [0.05, 0.1) is 16.9 Å². The lowest BCUT2D eigenvalue weighted by Gasteiger charge is -2.37. The molecule has 0 aliphatic carbocycles. The minimum Gasteiger partial charge on any atom is -0.487 e. The molecule has 0 radical (unpaired) electrons. The van der Waals surface area contributed by atoms with E-state index in [1.807, 2.05) is 18.9 Å². The highest BCUT2D eigenvalue weighted by Crippen LogP contribution is 2.42. The zero-order chi connectivity index (χ0) is 18.6. The highest BCUT2D eigenvalue weighted by molar-refractivity contribution is 5.97. The molecule has 1 unspecified atom stereocenters. The van der Waals surface area contributed by atoms with Crippen LogP contribution >= 0.6 is 0 Å². The summed E-state index contributed by atoms with van der Waals surface area (Å²) in [6, 6.07) is 0.994. The Labute approximate surface area is 165 Å². The van der Waals surface area contributed by atoms with Crippen molar-refractivity contribution in [3.8, 4) is 5.75 Å². The van der Waals surface area contributed by atoms with Crippen LogP contribution in [0.5, 0.6) is 5.75 Å². The second-order valence-electron chi connectivity index (χ2n) is 6.97. The van der Waals surface area contributed by atoms with Crippen LogP contribution in [-0.4, -0.2) is 76.8 Å². The number of rotatable bonds is 2. The van der Waals surface area contributed by atoms with Crippen LogP contribution in [0.2, 0.25) is 0 Å². The highest BCUT2D eigenvalue weighted by Gasteiger charge is 2.30. The molecule has 11 heteroatoms. The van der Waals surface area contributed by atoms with Gasteiger partial charge in [0, 0.05) is 32.4 Å². The van der Waals surface area contributed by atoms with Crippen LogP contribution in [0.4, 0.5) is 10.1 Å². The number of ether oxygens (including phenoxy) is 1. The number of carboxylic acid groups (broad SMARTS) is 1. The Morgan fingerprint density at radius 3 is 2.41 bits per heavy atom. The van der Waals surface area contributed by atoms with Crippen molar-refractivity contribution >= 4 is 22.6 Å². The van der Waals surface area contributed by atoms with E-state index >= 15 is 0 Å². The van der Waals surface area contributed by atoms with Crippen molar-refractivity contribution in [2.45, 2.75) is 13.0 Å². The Bertz CT molecular complexity index is 970. The van der Waals surface area contributed by atoms with Gasteiger partial charge in [0.25, 0.3) is 0 Å². The maximum Gasteiger partial charge on any atom is 0.341 e. The molecule has 4 rings (SSSR count). The van der Waals surface area contributed by atoms with Crippen molar-refractivity contribution in [3.05, 3.63) is 33.9 Å². The van der Waals surface area contributed by atoms with Crippen molar-refractivity contribution in [1.29, 1.82) is 0 Å². The SMILES string of the molecule is CC1COc2c(N3CCN(C)CC3)c(F)cc3c(=O)c(C(=O)O)cn1c23.O.O.O. The Balaban J connectivity index is 0.00000140. The first-order chi connectivity index (χ1) is 12.4. The minimum absolute atomic E-state index is 0. The zero-order valence-corrected chi connectivity index (χ0v) is 16.2. The van der Waals surface area contributed by atoms with E-state index in [1.54, 1.807) is 4.57 Å². The minimum atomic E-state index is -1.32. The fraction of sp³-hybridized carbons (Fsp3) is 0.444. The number of aromatic nitrogens is 1. The summed E-state index contributed by atoms with van der Waals surface area (Å²) >= 11 is 0. The number of anilines is 1. The van der Waals surface area contributed by atoms with Gasteiger partial charge in [-0.3, -0.25) is 4.79 Å². The summed E-state index contributed by atoms with van der Waals surface area (Å²) in [7, 11) is 2.02. The lowest BCUT2D eigenvalue weighted by atomic mass is 10.1. The van der Waals surface area contributed by atoms with Gasteiger partial charge in [-0.15, -0.1) is 0 Å². The van der Waals surface area contributed by atoms with Crippen LogP contribution < -0.4 is 15.1 Å². The number of nitrogens with zero attached hydrogens (tertiary/aromatic N) is 3. The summed E-state index contributed by atoms with van der Waals surface area (Å²) in [4.78, 5) is 28.1. The predicted molar refractivity (Wildman–Crippen MR) is 106 cm³/mol. The summed E-state index contributed by atoms with van der Waals surface area (Å²) in [5.41, 5.74) is -0.224. The third-order valence-electron chi connectivity index (χ3n) is 5.19. The van der Waals surface area contributed by atoms with Crippen LogP contribution in [0.25, 0.3) is 10.9 Å². The molecule has 1 saturated heterocycles. The van der Waals surface area contributed by atoms with E-state index in [4.69, 9.17) is 4.74 Å². The molecule has 2 aromatic rings. The second kappa shape index (κ2) is 8.74. The van der Waals surface area contributed by atoms with E-state index in [-0.39, 0.29) is 40.0 Å². The van der Waals surface area contributed by atoms with Crippen LogP contribution in [0.3, 0.4) is 0 Å². The molecule has 1 fully saturated rings. The van der Waals surface area contributed by atoms with E-state index < -0.39 is 17.2 Å². The van der Waals surface area contributed by atoms with Crippen LogP contribution in [0.1, 0.15) is 23.3 Å². The number of carboxylic acids is 1. The topological polar surface area (TPSA) is 170 Å². The first-order valence-electron chi connectivity index (χ1n) is 8.59. The summed E-state index contributed by atoms with van der Waals surface area (Å²) in [6.45, 7) is 5.08. The predicted octanol–water partition coefficient (Wildman–Crippen LogP) is -0.930. The number of piperazine rings is 1. The first kappa shape index (κ1) is 24.3. The monoisotopic (exact) mass is 415 g/mol. The molecular weight excluding hydrogens is 389 g/mol. The van der Waals surface area contributed by atoms with Gasteiger partial charge in [-0.1, -0.05) is 0 Å². The molecule has 29 heavy (non-hydrogen) atoms. The molecule has 3 heterocycles. The fourth-order valence-corrected chi connectivity index (χ4v) is 3.69. The Morgan fingerprint density at radius 1 is 1.21 bits per heavy atom. The van der Waals surface area contributed by atoms with E-state index in [2.05, 4.69) is 4.90 Å². The number of carbonyl (C=O) groups is 1. The van der Waals surface area contributed by atoms with E-state index in [1.165, 1.54) is 6.20 Å². The molecule has 0 bridgehead atoms. The largest absolute Gasteiger partial charge is 0.487 e. The van der Waals surface area contributed by atoms with E-state index in [0.29, 0.717) is 30.0 Å². The third-order valence-corrected chi connectivity index (χ3v) is 5.19. The average Bonchev–Trinajstić information content (AvgIpc) is 2.60. The molecule has 2 aliphatic rings. The number of aromatic carboxylic acids is 1. The quantitative estimate of drug-likeness (QED) is 0.664. The average molecular weight is 415 g/mol. The first-order valence-corrected chi connectivity index (χ1v) is 8.59. The fourth-order valence-electron chi connectivity index (χ4n) is 3.69. The molecule has 2 aliphatic heterocycles. The normalized spacial score (nSPS) is 18.2. The van der Waals surface area contributed by atoms with Crippen molar-refractivity contribution < 1.29 is 35.5 Å². The molecule has 1 aromatic carbocycles. The zero-order valence-electron chi connectivity index (χ0n) is 16.2. The number of halogens is 1. The van der Waals surface area contributed by atoms with Crippen LogP contribution in [0.15, 0.2) is 17.1 Å². The lowest BCUT2D eigenvalue weighted by Crippen LogP contribution is -2.45. The molecule has 0 spiro atoms. The summed E-state index contributed by atoms with van der Waals surface area (Å²) < 4.78 is 22.6. The van der Waals surface area contributed by atoms with E-state index in [0.717, 1.165) is 19.2 Å². The van der Waals surface area contributed by atoms with Gasteiger partial charge in [-0.25, -0.2) is 9.18 Å². The van der Waals surface area contributed by atoms with Gasteiger partial charge in [0.1, 0.15) is 17.9 Å².